The smallest absolute Gasteiger partial charge is 0.00330 e. The van der Waals surface area contributed by atoms with Gasteiger partial charge in [-0.2, -0.15) is 0 Å². The first kappa shape index (κ1) is 117. The Labute approximate surface area is 913 Å². The molecule has 824 valence electrons. The van der Waals surface area contributed by atoms with Crippen LogP contribution in [-0.2, 0) is 11.8 Å². The van der Waals surface area contributed by atoms with Gasteiger partial charge in [0.25, 0.3) is 0 Å². The van der Waals surface area contributed by atoms with Crippen LogP contribution in [0.4, 0.5) is 0 Å². The lowest BCUT2D eigenvalue weighted by Crippen LogP contribution is -2.51. The van der Waals surface area contributed by atoms with Crippen LogP contribution in [0.1, 0.15) is 579 Å². The summed E-state index contributed by atoms with van der Waals surface area (Å²) >= 11 is 0. The number of allylic oxidation sites excluding steroid dienone is 22. The van der Waals surface area contributed by atoms with E-state index in [-0.39, 0.29) is 5.41 Å². The molecule has 0 amide bonds. The second kappa shape index (κ2) is 45.2. The summed E-state index contributed by atoms with van der Waals surface area (Å²) in [7, 11) is 0. The minimum atomic E-state index is 0.262. The number of fused-ring (bicyclic) bond motifs is 20. The minimum Gasteiger partial charge on any atom is -0.103 e. The van der Waals surface area contributed by atoms with Gasteiger partial charge in [-0.3, -0.25) is 0 Å². The van der Waals surface area contributed by atoms with Crippen molar-refractivity contribution in [2.45, 2.75) is 574 Å². The molecule has 0 bridgehead atoms. The maximum Gasteiger partial charge on any atom is 0.00330 e. The summed E-state index contributed by atoms with van der Waals surface area (Å²) in [4.78, 5) is 0. The zero-order valence-electron chi connectivity index (χ0n) is 103. The molecule has 20 aliphatic rings. The van der Waals surface area contributed by atoms with Crippen LogP contribution < -0.4 is 0 Å². The van der Waals surface area contributed by atoms with Crippen LogP contribution in [-0.4, -0.2) is 0 Å². The van der Waals surface area contributed by atoms with E-state index in [1.165, 1.54) is 345 Å². The molecule has 0 nitrogen and oxygen atoms in total. The molecule has 0 unspecified atom stereocenters. The van der Waals surface area contributed by atoms with Gasteiger partial charge in [-0.05, 0) is 473 Å². The summed E-state index contributed by atoms with van der Waals surface area (Å²) in [5.41, 5.74) is 34.0. The van der Waals surface area contributed by atoms with Gasteiger partial charge in [0.2, 0.25) is 0 Å². The summed E-state index contributed by atoms with van der Waals surface area (Å²) in [6.07, 6.45) is 97.8. The molecule has 0 heterocycles. The fourth-order valence-corrected chi connectivity index (χ4v) is 41.7. The van der Waals surface area contributed by atoms with Crippen LogP contribution in [0.3, 0.4) is 0 Å². The van der Waals surface area contributed by atoms with E-state index < -0.39 is 0 Å². The molecule has 28 atom stereocenters. The van der Waals surface area contributed by atoms with E-state index >= 15 is 0 Å². The molecule has 0 radical (unpaired) electrons. The average molecular weight is 2000 g/mol. The molecule has 1 aromatic rings. The molecule has 0 N–H and O–H groups in total. The van der Waals surface area contributed by atoms with Gasteiger partial charge in [-0.25, -0.2) is 0 Å². The largest absolute Gasteiger partial charge is 0.103 e. The van der Waals surface area contributed by atoms with Crippen molar-refractivity contribution in [2.24, 2.45) is 170 Å². The van der Waals surface area contributed by atoms with Gasteiger partial charge >= 0.3 is 0 Å². The summed E-state index contributed by atoms with van der Waals surface area (Å²) in [6.45, 7) is 89.6. The highest BCUT2D eigenvalue weighted by molar-refractivity contribution is 5.45. The molecule has 0 heteroatoms. The molecule has 0 spiro atoms. The highest BCUT2D eigenvalue weighted by atomic mass is 14.7. The second-order valence-electron chi connectivity index (χ2n) is 61.7. The van der Waals surface area contributed by atoms with E-state index in [9.17, 15) is 0 Å². The van der Waals surface area contributed by atoms with Crippen LogP contribution >= 0.6 is 0 Å². The fourth-order valence-electron chi connectivity index (χ4n) is 41.7. The van der Waals surface area contributed by atoms with E-state index in [0.717, 1.165) is 82.9 Å². The van der Waals surface area contributed by atoms with Gasteiger partial charge in [0.1, 0.15) is 0 Å². The fraction of sp³-hybridized carbons (Fsp3) is 0.796. The Morgan fingerprint density at radius 2 is 0.741 bits per heavy atom. The zero-order valence-corrected chi connectivity index (χ0v) is 103. The summed E-state index contributed by atoms with van der Waals surface area (Å²) < 4.78 is 0. The van der Waals surface area contributed by atoms with Gasteiger partial charge < -0.3 is 0 Å². The van der Waals surface area contributed by atoms with Crippen molar-refractivity contribution < 1.29 is 0 Å². The molecule has 0 aromatic heterocycles. The van der Waals surface area contributed by atoms with Crippen molar-refractivity contribution in [3.05, 3.63) is 176 Å². The molecule has 11 saturated carbocycles. The summed E-state index contributed by atoms with van der Waals surface area (Å²) in [5.74, 6) is 13.5. The van der Waals surface area contributed by atoms with E-state index in [2.05, 4.69) is 321 Å². The van der Waals surface area contributed by atoms with Crippen LogP contribution in [0.2, 0.25) is 0 Å². The maximum absolute atomic E-state index is 4.10. The monoisotopic (exact) mass is 2000 g/mol. The van der Waals surface area contributed by atoms with E-state index in [1.807, 2.05) is 5.57 Å². The maximum atomic E-state index is 4.10. The molecule has 0 saturated heterocycles. The third-order valence-corrected chi connectivity index (χ3v) is 52.7. The molecule has 0 aliphatic heterocycles. The van der Waals surface area contributed by atoms with Crippen LogP contribution in [0, 0.1) is 170 Å². The molecule has 21 rings (SSSR count). The Hall–Kier alpha value is -3.90. The topological polar surface area (TPSA) is 0 Å². The predicted molar refractivity (Wildman–Crippen MR) is 645 cm³/mol. The van der Waals surface area contributed by atoms with Crippen molar-refractivity contribution >= 4 is 0 Å². The SMILES string of the molecule is C=C[C@@]1(C)CC[C@H]2C(=CC[C@H]3[C@](C)(CC)CCC[C@]23C)C1.C=C[C@]1(C)C=C2CC[C@H]3[C@](C)(CC)CCC[C@]3(C)[C@H]2CC1.CC[C@]1(C)CCC[C@]2(C)C3=C(C=C(C(C)C)CC3)CC[C@@H]12.CC[C@]1(C)CCC[C@]2(C)[C@H]3CC=C(C(C)C)C=C3CC[C@@H]12.CC[C@]1(C)CCC[C@]2(C)[C@H]3CCC(=C(C)C)C=C3CC[C@@H]12.CC[C@]1(C)CCC[C@]2(C)[C@H]3CCC(C(C)C)=CC3=CC[C@@H]12.CC[C@]1(C)CCC[C@]2(C)c3ccc(C(C)C)cc3CC[C@@H]12. The quantitative estimate of drug-likeness (QED) is 0.173. The lowest BCUT2D eigenvalue weighted by atomic mass is 9.45. The van der Waals surface area contributed by atoms with Crippen LogP contribution in [0.25, 0.3) is 0 Å². The van der Waals surface area contributed by atoms with E-state index in [4.69, 9.17) is 0 Å². The zero-order chi connectivity index (χ0) is 107. The van der Waals surface area contributed by atoms with Crippen molar-refractivity contribution in [3.63, 3.8) is 0 Å². The first-order valence-corrected chi connectivity index (χ1v) is 64.7. The Morgan fingerprint density at radius 1 is 0.327 bits per heavy atom. The lowest BCUT2D eigenvalue weighted by Gasteiger charge is -2.60. The number of hydrogen-bond acceptors (Lipinski definition) is 0. The molecule has 147 heavy (non-hydrogen) atoms. The lowest BCUT2D eigenvalue weighted by molar-refractivity contribution is -0.0692. The molecular weight excluding hydrogens is 1770 g/mol. The summed E-state index contributed by atoms with van der Waals surface area (Å²) in [6, 6.07) is 7.40. The Balaban J connectivity index is 0.000000129. The minimum absolute atomic E-state index is 0.262. The van der Waals surface area contributed by atoms with Gasteiger partial charge in [0.05, 0.1) is 0 Å². The Morgan fingerprint density at radius 3 is 1.23 bits per heavy atom. The molecular formula is C147H236. The number of benzene rings is 1. The van der Waals surface area contributed by atoms with Crippen LogP contribution in [0.15, 0.2) is 159 Å². The van der Waals surface area contributed by atoms with Gasteiger partial charge in [0.15, 0.2) is 0 Å². The van der Waals surface area contributed by atoms with Crippen molar-refractivity contribution in [1.82, 2.24) is 0 Å². The normalized spacial score (nSPS) is 43.4. The van der Waals surface area contributed by atoms with Gasteiger partial charge in [-0.1, -0.05) is 428 Å². The average Bonchev–Trinajstić information content (AvgIpc) is 0.811. The number of rotatable bonds is 13. The third-order valence-electron chi connectivity index (χ3n) is 52.7. The molecule has 11 fully saturated rings. The highest BCUT2D eigenvalue weighted by Crippen LogP contribution is 2.72. The van der Waals surface area contributed by atoms with Crippen molar-refractivity contribution in [2.75, 3.05) is 0 Å². The first-order valence-electron chi connectivity index (χ1n) is 64.7. The number of aryl methyl sites for hydroxylation is 1. The standard InChI is InChI=1S/4C21H34.C21H32.2C21H34/c5*1-6-20(4)12-7-13-21(5)18-10-8-16(15(2)3)14-17(18)9-11-19(20)21;2*1-6-19(3)14-11-17-16(15-19)9-10-18-20(4,7-2)12-8-13-21(17,18)5/h14,18-19H,6-13H2,1-5H3;14-15,19H,6-13H2,1-5H3;9,14-15,18-19H,6-8,10-13H2,1-5H3;8,14-15,18-19H,6-7,9-13H2,1-5H3;8,10,14-15,19H,6-7,9,11-13H2,1-5H3;6,15,17-18H,1,7-14H2,2-5H3;6,9,17-18H,1,7-8,10-15H2,2-5H3/t18-,19-,20+,21+;19-,20+,21+;2*18-,19-,20+,21+;19-,20+,21+;2*17-,18-,19-,20+,21+/m0000000/s1. The predicted octanol–water partition coefficient (Wildman–Crippen LogP) is 45.7. The first-order chi connectivity index (χ1) is 69.3. The second-order valence-corrected chi connectivity index (χ2v) is 61.7. The van der Waals surface area contributed by atoms with E-state index in [1.54, 1.807) is 66.9 Å². The number of hydrogen-bond donors (Lipinski definition) is 0. The Kier molecular flexibility index (Phi) is 36.0. The van der Waals surface area contributed by atoms with Crippen molar-refractivity contribution in [1.29, 1.82) is 0 Å². The van der Waals surface area contributed by atoms with Gasteiger partial charge in [-0.15, -0.1) is 13.2 Å². The van der Waals surface area contributed by atoms with Crippen LogP contribution in [0.5, 0.6) is 0 Å². The molecule has 1 aromatic carbocycles. The Bertz CT molecular complexity index is 5070. The highest BCUT2D eigenvalue weighted by Gasteiger charge is 2.62. The van der Waals surface area contributed by atoms with E-state index in [0.29, 0.717) is 93.1 Å². The third kappa shape index (κ3) is 22.1. The van der Waals surface area contributed by atoms with Gasteiger partial charge in [0, 0.05) is 5.41 Å². The molecule has 20 aliphatic carbocycles. The van der Waals surface area contributed by atoms with Crippen molar-refractivity contribution in [3.8, 4) is 0 Å². The summed E-state index contributed by atoms with van der Waals surface area (Å²) in [5, 5.41) is 0.